The molecule has 2 fully saturated rings. The van der Waals surface area contributed by atoms with Crippen molar-refractivity contribution in [2.45, 2.75) is 12.0 Å². The van der Waals surface area contributed by atoms with Crippen molar-refractivity contribution in [3.63, 3.8) is 0 Å². The molecule has 0 spiro atoms. The van der Waals surface area contributed by atoms with Gasteiger partial charge in [0.05, 0.1) is 6.61 Å². The van der Waals surface area contributed by atoms with Crippen LogP contribution in [0.15, 0.2) is 12.4 Å². The Morgan fingerprint density at radius 2 is 1.79 bits per heavy atom. The number of aliphatic hydroxyl groups is 1. The summed E-state index contributed by atoms with van der Waals surface area (Å²) in [6.07, 6.45) is 3.21. The summed E-state index contributed by atoms with van der Waals surface area (Å²) in [6.45, 7) is 2.79. The molecule has 2 aliphatic rings. The molecule has 2 saturated heterocycles. The van der Waals surface area contributed by atoms with Gasteiger partial charge in [0.25, 0.3) is 11.8 Å². The fraction of sp³-hybridized carbons (Fsp3) is 0.571. The highest BCUT2D eigenvalue weighted by Gasteiger charge is 2.55. The Labute approximate surface area is 138 Å². The lowest BCUT2D eigenvalue weighted by Gasteiger charge is -2.46. The number of barbiturate groups is 1. The summed E-state index contributed by atoms with van der Waals surface area (Å²) in [6, 6.07) is -0.806. The van der Waals surface area contributed by atoms with Gasteiger partial charge in [-0.05, 0) is 0 Å². The van der Waals surface area contributed by atoms with E-state index in [0.29, 0.717) is 38.5 Å². The smallest absolute Gasteiger partial charge is 0.328 e. The number of nitrogens with zero attached hydrogens (tertiary/aromatic N) is 3. The van der Waals surface area contributed by atoms with Crippen molar-refractivity contribution in [3.8, 4) is 0 Å². The molecule has 24 heavy (non-hydrogen) atoms. The van der Waals surface area contributed by atoms with Gasteiger partial charge in [-0.25, -0.2) is 9.78 Å². The molecule has 0 atom stereocenters. The van der Waals surface area contributed by atoms with E-state index in [4.69, 9.17) is 5.11 Å². The first-order chi connectivity index (χ1) is 11.6. The van der Waals surface area contributed by atoms with E-state index < -0.39 is 23.4 Å². The highest BCUT2D eigenvalue weighted by Crippen LogP contribution is 2.25. The van der Waals surface area contributed by atoms with E-state index >= 15 is 0 Å². The molecule has 1 aromatic heterocycles. The predicted molar refractivity (Wildman–Crippen MR) is 81.8 cm³/mol. The van der Waals surface area contributed by atoms with Crippen LogP contribution in [-0.2, 0) is 16.0 Å². The second kappa shape index (κ2) is 6.67. The van der Waals surface area contributed by atoms with Crippen molar-refractivity contribution >= 4 is 17.8 Å². The van der Waals surface area contributed by atoms with Gasteiger partial charge in [-0.15, -0.1) is 0 Å². The summed E-state index contributed by atoms with van der Waals surface area (Å²) < 4.78 is 0. The van der Waals surface area contributed by atoms with Gasteiger partial charge < -0.3 is 10.1 Å². The third-order valence-corrected chi connectivity index (χ3v) is 4.51. The molecule has 0 aromatic carbocycles. The average molecular weight is 336 g/mol. The van der Waals surface area contributed by atoms with Crippen molar-refractivity contribution in [3.05, 3.63) is 18.2 Å². The number of hydrogen-bond donors (Lipinski definition) is 4. The normalized spacial score (nSPS) is 22.3. The van der Waals surface area contributed by atoms with Crippen LogP contribution >= 0.6 is 0 Å². The Hall–Kier alpha value is -2.30. The van der Waals surface area contributed by atoms with Crippen molar-refractivity contribution < 1.29 is 19.5 Å². The zero-order chi connectivity index (χ0) is 17.2. The largest absolute Gasteiger partial charge is 0.395 e. The van der Waals surface area contributed by atoms with Gasteiger partial charge in [0.1, 0.15) is 5.82 Å². The standard InChI is InChI=1S/C14H20N6O4/c21-8-7-19-3-5-20(6-4-19)14(9-10-15-1-2-16-10)11(22)17-13(24)18-12(14)23/h1-2,21H,3-9H2,(H,15,16)(H2,17,18,22,23,24). The van der Waals surface area contributed by atoms with Gasteiger partial charge in [0.15, 0.2) is 5.54 Å². The molecule has 4 amide bonds. The first-order valence-electron chi connectivity index (χ1n) is 7.79. The van der Waals surface area contributed by atoms with Gasteiger partial charge >= 0.3 is 6.03 Å². The summed E-state index contributed by atoms with van der Waals surface area (Å²) in [7, 11) is 0. The zero-order valence-corrected chi connectivity index (χ0v) is 13.1. The molecule has 0 bridgehead atoms. The summed E-state index contributed by atoms with van der Waals surface area (Å²) in [5.74, 6) is -0.779. The van der Waals surface area contributed by atoms with Gasteiger partial charge in [-0.2, -0.15) is 0 Å². The molecule has 130 valence electrons. The van der Waals surface area contributed by atoms with E-state index in [2.05, 4.69) is 25.5 Å². The van der Waals surface area contributed by atoms with E-state index in [1.807, 2.05) is 0 Å². The minimum atomic E-state index is -1.52. The molecule has 3 heterocycles. The van der Waals surface area contributed by atoms with Crippen LogP contribution in [0, 0.1) is 0 Å². The molecule has 3 rings (SSSR count). The molecule has 1 aromatic rings. The minimum Gasteiger partial charge on any atom is -0.395 e. The molecule has 10 heteroatoms. The number of carbonyl (C=O) groups is 3. The number of rotatable bonds is 5. The number of nitrogens with one attached hydrogen (secondary N) is 3. The second-order valence-corrected chi connectivity index (χ2v) is 5.86. The fourth-order valence-corrected chi connectivity index (χ4v) is 3.24. The van der Waals surface area contributed by atoms with E-state index in [1.54, 1.807) is 17.3 Å². The second-order valence-electron chi connectivity index (χ2n) is 5.86. The highest BCUT2D eigenvalue weighted by molar-refractivity contribution is 6.22. The van der Waals surface area contributed by atoms with E-state index in [9.17, 15) is 14.4 Å². The molecule has 0 unspecified atom stereocenters. The number of aromatic amines is 1. The maximum absolute atomic E-state index is 12.6. The average Bonchev–Trinajstić information content (AvgIpc) is 3.05. The van der Waals surface area contributed by atoms with E-state index in [1.165, 1.54) is 0 Å². The van der Waals surface area contributed by atoms with Crippen LogP contribution < -0.4 is 10.6 Å². The van der Waals surface area contributed by atoms with Gasteiger partial charge in [-0.3, -0.25) is 30.0 Å². The summed E-state index contributed by atoms with van der Waals surface area (Å²) in [4.78, 5) is 47.6. The molecular formula is C14H20N6O4. The lowest BCUT2D eigenvalue weighted by atomic mass is 9.87. The molecule has 2 aliphatic heterocycles. The monoisotopic (exact) mass is 336 g/mol. The van der Waals surface area contributed by atoms with Crippen molar-refractivity contribution in [1.82, 2.24) is 30.4 Å². The molecule has 10 nitrogen and oxygen atoms in total. The number of β-amino-alcohol motifs (C(OH)–C–C–N with tert-alkyl or cyclic N) is 1. The van der Waals surface area contributed by atoms with Gasteiger partial charge in [-0.1, -0.05) is 0 Å². The summed E-state index contributed by atoms with van der Waals surface area (Å²) in [5.41, 5.74) is -1.52. The number of aromatic nitrogens is 2. The molecule has 0 saturated carbocycles. The van der Waals surface area contributed by atoms with E-state index in [-0.39, 0.29) is 13.0 Å². The van der Waals surface area contributed by atoms with Crippen LogP contribution in [0.1, 0.15) is 5.82 Å². The predicted octanol–water partition coefficient (Wildman–Crippen LogP) is -2.33. The van der Waals surface area contributed by atoms with Crippen molar-refractivity contribution in [2.24, 2.45) is 0 Å². The Morgan fingerprint density at radius 3 is 2.33 bits per heavy atom. The molecular weight excluding hydrogens is 316 g/mol. The van der Waals surface area contributed by atoms with Gasteiger partial charge in [0.2, 0.25) is 0 Å². The lowest BCUT2D eigenvalue weighted by molar-refractivity contribution is -0.149. The zero-order valence-electron chi connectivity index (χ0n) is 13.1. The maximum atomic E-state index is 12.6. The lowest BCUT2D eigenvalue weighted by Crippen LogP contribution is -2.75. The number of amides is 4. The van der Waals surface area contributed by atoms with Gasteiger partial charge in [0, 0.05) is 51.5 Å². The van der Waals surface area contributed by atoms with Crippen LogP contribution in [0.25, 0.3) is 0 Å². The van der Waals surface area contributed by atoms with Crippen LogP contribution in [0.2, 0.25) is 0 Å². The quantitative estimate of drug-likeness (QED) is 0.444. The number of imide groups is 2. The fourth-order valence-electron chi connectivity index (χ4n) is 3.24. The maximum Gasteiger partial charge on any atom is 0.328 e. The minimum absolute atomic E-state index is 0.0466. The SMILES string of the molecule is O=C1NC(=O)C(Cc2ncc[nH]2)(N2CCN(CCO)CC2)C(=O)N1. The molecule has 0 aliphatic carbocycles. The number of urea groups is 1. The Morgan fingerprint density at radius 1 is 1.12 bits per heavy atom. The Bertz CT molecular complexity index is 603. The number of carbonyl (C=O) groups excluding carboxylic acids is 3. The third-order valence-electron chi connectivity index (χ3n) is 4.51. The molecule has 0 radical (unpaired) electrons. The number of aliphatic hydroxyl groups excluding tert-OH is 1. The van der Waals surface area contributed by atoms with Crippen molar-refractivity contribution in [1.29, 1.82) is 0 Å². The molecule has 4 N–H and O–H groups in total. The number of H-pyrrole nitrogens is 1. The van der Waals surface area contributed by atoms with Crippen LogP contribution in [-0.4, -0.2) is 87.6 Å². The number of imidazole rings is 1. The Balaban J connectivity index is 1.87. The summed E-state index contributed by atoms with van der Waals surface area (Å²) in [5, 5.41) is 13.4. The topological polar surface area (TPSA) is 131 Å². The summed E-state index contributed by atoms with van der Waals surface area (Å²) >= 11 is 0. The van der Waals surface area contributed by atoms with E-state index in [0.717, 1.165) is 0 Å². The third kappa shape index (κ3) is 2.90. The Kier molecular flexibility index (Phi) is 4.60. The first-order valence-corrected chi connectivity index (χ1v) is 7.79. The van der Waals surface area contributed by atoms with Crippen LogP contribution in [0.3, 0.4) is 0 Å². The first kappa shape index (κ1) is 16.6. The number of hydrogen-bond acceptors (Lipinski definition) is 7. The van der Waals surface area contributed by atoms with Crippen LogP contribution in [0.4, 0.5) is 4.79 Å². The van der Waals surface area contributed by atoms with Crippen LogP contribution in [0.5, 0.6) is 0 Å². The number of piperazine rings is 1. The van der Waals surface area contributed by atoms with Crippen molar-refractivity contribution in [2.75, 3.05) is 39.3 Å². The highest BCUT2D eigenvalue weighted by atomic mass is 16.3.